The van der Waals surface area contributed by atoms with Crippen LogP contribution in [0, 0.1) is 0 Å². The molecule has 0 atom stereocenters. The van der Waals surface area contributed by atoms with Crippen molar-refractivity contribution in [3.8, 4) is 0 Å². The molecular formula is C10H16N4O2. The van der Waals surface area contributed by atoms with E-state index in [1.807, 2.05) is 6.92 Å². The summed E-state index contributed by atoms with van der Waals surface area (Å²) in [5.41, 5.74) is -0.208. The van der Waals surface area contributed by atoms with Crippen molar-refractivity contribution >= 4 is 11.8 Å². The lowest BCUT2D eigenvalue weighted by atomic mass is 10.4. The molecule has 0 spiro atoms. The number of urea groups is 1. The van der Waals surface area contributed by atoms with E-state index in [0.717, 1.165) is 6.42 Å². The first-order valence-corrected chi connectivity index (χ1v) is 5.11. The van der Waals surface area contributed by atoms with Crippen molar-refractivity contribution in [3.05, 3.63) is 22.5 Å². The molecule has 6 nitrogen and oxygen atoms in total. The lowest BCUT2D eigenvalue weighted by Gasteiger charge is -2.16. The fourth-order valence-corrected chi connectivity index (χ4v) is 1.21. The van der Waals surface area contributed by atoms with E-state index in [9.17, 15) is 9.59 Å². The van der Waals surface area contributed by atoms with Gasteiger partial charge in [0.2, 0.25) is 0 Å². The fraction of sp³-hybridized carbons (Fsp3) is 0.500. The molecule has 1 heterocycles. The third-order valence-corrected chi connectivity index (χ3v) is 2.10. The molecule has 0 radical (unpaired) electrons. The summed E-state index contributed by atoms with van der Waals surface area (Å²) < 4.78 is 1.18. The molecule has 1 rings (SSSR count). The minimum atomic E-state index is -0.229. The van der Waals surface area contributed by atoms with Gasteiger partial charge in [0, 0.05) is 26.7 Å². The molecule has 0 saturated carbocycles. The molecular weight excluding hydrogens is 208 g/mol. The first-order valence-electron chi connectivity index (χ1n) is 5.11. The van der Waals surface area contributed by atoms with Crippen molar-refractivity contribution in [2.45, 2.75) is 13.3 Å². The van der Waals surface area contributed by atoms with E-state index in [1.165, 1.54) is 23.9 Å². The number of rotatable bonds is 3. The van der Waals surface area contributed by atoms with Gasteiger partial charge in [0.15, 0.2) is 5.82 Å². The standard InChI is InChI=1S/C10H16N4O2/c1-4-7-13(2)10(16)11-8-5-6-9(15)14(3)12-8/h5-6H,4,7H2,1-3H3,(H,11,12,16). The second kappa shape index (κ2) is 5.29. The Morgan fingerprint density at radius 3 is 2.81 bits per heavy atom. The first-order chi connectivity index (χ1) is 7.54. The Balaban J connectivity index is 2.70. The van der Waals surface area contributed by atoms with Crippen LogP contribution in [0.3, 0.4) is 0 Å². The second-order valence-corrected chi connectivity index (χ2v) is 3.53. The molecule has 1 aromatic heterocycles. The van der Waals surface area contributed by atoms with Crippen molar-refractivity contribution in [2.24, 2.45) is 7.05 Å². The number of carbonyl (C=O) groups excluding carboxylic acids is 1. The molecule has 0 aliphatic rings. The zero-order valence-corrected chi connectivity index (χ0v) is 9.73. The normalized spacial score (nSPS) is 9.94. The predicted octanol–water partition coefficient (Wildman–Crippen LogP) is 0.654. The average molecular weight is 224 g/mol. The highest BCUT2D eigenvalue weighted by atomic mass is 16.2. The Morgan fingerprint density at radius 1 is 1.56 bits per heavy atom. The molecule has 16 heavy (non-hydrogen) atoms. The zero-order chi connectivity index (χ0) is 12.1. The Bertz CT molecular complexity index is 427. The Morgan fingerprint density at radius 2 is 2.25 bits per heavy atom. The minimum Gasteiger partial charge on any atom is -0.328 e. The largest absolute Gasteiger partial charge is 0.328 e. The third-order valence-electron chi connectivity index (χ3n) is 2.10. The molecule has 0 aliphatic heterocycles. The van der Waals surface area contributed by atoms with Crippen molar-refractivity contribution < 1.29 is 4.79 Å². The van der Waals surface area contributed by atoms with Gasteiger partial charge in [0.25, 0.3) is 5.56 Å². The van der Waals surface area contributed by atoms with Crippen LogP contribution in [0.5, 0.6) is 0 Å². The molecule has 1 aromatic rings. The lowest BCUT2D eigenvalue weighted by Crippen LogP contribution is -2.33. The maximum absolute atomic E-state index is 11.6. The predicted molar refractivity (Wildman–Crippen MR) is 61.4 cm³/mol. The summed E-state index contributed by atoms with van der Waals surface area (Å²) in [5.74, 6) is 0.370. The summed E-state index contributed by atoms with van der Waals surface area (Å²) in [4.78, 5) is 24.2. The summed E-state index contributed by atoms with van der Waals surface area (Å²) in [6, 6.07) is 2.62. The first kappa shape index (κ1) is 12.2. The minimum absolute atomic E-state index is 0.208. The van der Waals surface area contributed by atoms with Gasteiger partial charge in [0.05, 0.1) is 0 Å². The number of amides is 2. The number of anilines is 1. The van der Waals surface area contributed by atoms with E-state index < -0.39 is 0 Å². The topological polar surface area (TPSA) is 67.2 Å². The average Bonchev–Trinajstić information content (AvgIpc) is 2.24. The summed E-state index contributed by atoms with van der Waals surface area (Å²) in [5, 5.41) is 6.51. The molecule has 0 aliphatic carbocycles. The molecule has 88 valence electrons. The molecule has 0 bridgehead atoms. The van der Waals surface area contributed by atoms with Gasteiger partial charge in [0.1, 0.15) is 0 Å². The van der Waals surface area contributed by atoms with Gasteiger partial charge in [-0.1, -0.05) is 6.92 Å². The number of aryl methyl sites for hydroxylation is 1. The quantitative estimate of drug-likeness (QED) is 0.819. The number of aromatic nitrogens is 2. The number of nitrogens with one attached hydrogen (secondary N) is 1. The number of hydrogen-bond donors (Lipinski definition) is 1. The summed E-state index contributed by atoms with van der Waals surface area (Å²) >= 11 is 0. The summed E-state index contributed by atoms with van der Waals surface area (Å²) in [6.07, 6.45) is 0.893. The van der Waals surface area contributed by atoms with Crippen LogP contribution < -0.4 is 10.9 Å². The molecule has 0 aromatic carbocycles. The lowest BCUT2D eigenvalue weighted by molar-refractivity contribution is 0.222. The SMILES string of the molecule is CCCN(C)C(=O)Nc1ccc(=O)n(C)n1. The molecule has 6 heteroatoms. The van der Waals surface area contributed by atoms with Gasteiger partial charge in [-0.25, -0.2) is 9.48 Å². The number of hydrogen-bond acceptors (Lipinski definition) is 3. The van der Waals surface area contributed by atoms with Crippen LogP contribution in [0.1, 0.15) is 13.3 Å². The van der Waals surface area contributed by atoms with Crippen molar-refractivity contribution in [3.63, 3.8) is 0 Å². The van der Waals surface area contributed by atoms with E-state index in [-0.39, 0.29) is 11.6 Å². The van der Waals surface area contributed by atoms with Crippen LogP contribution in [-0.2, 0) is 7.05 Å². The van der Waals surface area contributed by atoms with E-state index in [4.69, 9.17) is 0 Å². The van der Waals surface area contributed by atoms with Crippen molar-refractivity contribution in [1.29, 1.82) is 0 Å². The smallest absolute Gasteiger partial charge is 0.322 e. The molecule has 2 amide bonds. The van der Waals surface area contributed by atoms with Gasteiger partial charge >= 0.3 is 6.03 Å². The number of carbonyl (C=O) groups is 1. The van der Waals surface area contributed by atoms with E-state index in [0.29, 0.717) is 12.4 Å². The van der Waals surface area contributed by atoms with E-state index in [1.54, 1.807) is 11.9 Å². The monoisotopic (exact) mass is 224 g/mol. The molecule has 0 saturated heterocycles. The van der Waals surface area contributed by atoms with Crippen molar-refractivity contribution in [2.75, 3.05) is 18.9 Å². The second-order valence-electron chi connectivity index (χ2n) is 3.53. The molecule has 1 N–H and O–H groups in total. The highest BCUT2D eigenvalue weighted by molar-refractivity contribution is 5.87. The van der Waals surface area contributed by atoms with Gasteiger partial charge in [-0.15, -0.1) is 0 Å². The van der Waals surface area contributed by atoms with E-state index in [2.05, 4.69) is 10.4 Å². The van der Waals surface area contributed by atoms with E-state index >= 15 is 0 Å². The van der Waals surface area contributed by atoms with Crippen LogP contribution in [0.4, 0.5) is 10.6 Å². The highest BCUT2D eigenvalue weighted by Gasteiger charge is 2.08. The Kier molecular flexibility index (Phi) is 4.04. The third kappa shape index (κ3) is 3.08. The summed E-state index contributed by atoms with van der Waals surface area (Å²) in [7, 11) is 3.24. The van der Waals surface area contributed by atoms with Gasteiger partial charge in [-0.2, -0.15) is 5.10 Å². The molecule has 0 fully saturated rings. The van der Waals surface area contributed by atoms with Crippen LogP contribution in [0.15, 0.2) is 16.9 Å². The van der Waals surface area contributed by atoms with Crippen LogP contribution >= 0.6 is 0 Å². The fourth-order valence-electron chi connectivity index (χ4n) is 1.21. The summed E-state index contributed by atoms with van der Waals surface area (Å²) in [6.45, 7) is 2.67. The van der Waals surface area contributed by atoms with Crippen LogP contribution in [0.25, 0.3) is 0 Å². The van der Waals surface area contributed by atoms with Crippen molar-refractivity contribution in [1.82, 2.24) is 14.7 Å². The van der Waals surface area contributed by atoms with Gasteiger partial charge in [-0.05, 0) is 12.5 Å². The van der Waals surface area contributed by atoms with Crippen LogP contribution in [-0.4, -0.2) is 34.3 Å². The highest BCUT2D eigenvalue weighted by Crippen LogP contribution is 1.99. The van der Waals surface area contributed by atoms with Gasteiger partial charge < -0.3 is 4.90 Å². The Labute approximate surface area is 93.9 Å². The van der Waals surface area contributed by atoms with Gasteiger partial charge in [-0.3, -0.25) is 10.1 Å². The number of nitrogens with zero attached hydrogens (tertiary/aromatic N) is 3. The van der Waals surface area contributed by atoms with Crippen LogP contribution in [0.2, 0.25) is 0 Å². The maximum atomic E-state index is 11.6. The Hall–Kier alpha value is -1.85. The molecule has 0 unspecified atom stereocenters. The zero-order valence-electron chi connectivity index (χ0n) is 9.73. The maximum Gasteiger partial charge on any atom is 0.322 e.